The van der Waals surface area contributed by atoms with E-state index in [1.54, 1.807) is 4.90 Å². The molecule has 0 saturated heterocycles. The van der Waals surface area contributed by atoms with Gasteiger partial charge in [0.25, 0.3) is 0 Å². The summed E-state index contributed by atoms with van der Waals surface area (Å²) in [7, 11) is 1.81. The molecule has 21 heavy (non-hydrogen) atoms. The number of hydrogen-bond acceptors (Lipinski definition) is 2. The van der Waals surface area contributed by atoms with Crippen LogP contribution >= 0.6 is 0 Å². The normalized spacial score (nSPS) is 22.0. The van der Waals surface area contributed by atoms with Crippen LogP contribution in [0.2, 0.25) is 0 Å². The van der Waals surface area contributed by atoms with E-state index >= 15 is 0 Å². The van der Waals surface area contributed by atoms with Gasteiger partial charge in [-0.25, -0.2) is 4.79 Å². The predicted octanol–water partition coefficient (Wildman–Crippen LogP) is 2.85. The van der Waals surface area contributed by atoms with E-state index < -0.39 is 11.4 Å². The SMILES string of the molecule is CN(CC1CCCC1)C(=O)NCC1(C(=O)O)CCCCC1. The zero-order valence-electron chi connectivity index (χ0n) is 13.1. The van der Waals surface area contributed by atoms with Crippen LogP contribution in [0, 0.1) is 11.3 Å². The maximum Gasteiger partial charge on any atom is 0.317 e. The molecule has 2 rings (SSSR count). The summed E-state index contributed by atoms with van der Waals surface area (Å²) < 4.78 is 0. The van der Waals surface area contributed by atoms with Crippen LogP contribution in [-0.4, -0.2) is 42.1 Å². The molecule has 0 aromatic rings. The number of rotatable bonds is 5. The first-order valence-electron chi connectivity index (χ1n) is 8.26. The van der Waals surface area contributed by atoms with E-state index in [1.165, 1.54) is 25.7 Å². The van der Waals surface area contributed by atoms with E-state index in [0.29, 0.717) is 18.8 Å². The lowest BCUT2D eigenvalue weighted by molar-refractivity contribution is -0.150. The number of aliphatic carboxylic acids is 1. The van der Waals surface area contributed by atoms with Crippen molar-refractivity contribution in [2.24, 2.45) is 11.3 Å². The molecule has 2 fully saturated rings. The number of urea groups is 1. The summed E-state index contributed by atoms with van der Waals surface area (Å²) in [5, 5.41) is 12.4. The third-order valence-corrected chi connectivity index (χ3v) is 5.20. The largest absolute Gasteiger partial charge is 0.481 e. The molecule has 2 amide bonds. The van der Waals surface area contributed by atoms with Crippen LogP contribution in [0.15, 0.2) is 0 Å². The van der Waals surface area contributed by atoms with Gasteiger partial charge in [0.15, 0.2) is 0 Å². The van der Waals surface area contributed by atoms with Crippen molar-refractivity contribution < 1.29 is 14.7 Å². The lowest BCUT2D eigenvalue weighted by Gasteiger charge is -2.34. The molecule has 0 aromatic heterocycles. The standard InChI is InChI=1S/C16H28N2O3/c1-18(11-13-7-3-4-8-13)15(21)17-12-16(14(19)20)9-5-2-6-10-16/h13H,2-12H2,1H3,(H,17,21)(H,19,20). The van der Waals surface area contributed by atoms with Crippen molar-refractivity contribution in [1.82, 2.24) is 10.2 Å². The zero-order valence-corrected chi connectivity index (χ0v) is 13.1. The molecule has 2 saturated carbocycles. The van der Waals surface area contributed by atoms with Crippen LogP contribution in [0.25, 0.3) is 0 Å². The van der Waals surface area contributed by atoms with Gasteiger partial charge in [-0.3, -0.25) is 4.79 Å². The maximum atomic E-state index is 12.2. The van der Waals surface area contributed by atoms with Gasteiger partial charge >= 0.3 is 12.0 Å². The Morgan fingerprint density at radius 1 is 1.14 bits per heavy atom. The van der Waals surface area contributed by atoms with Crippen molar-refractivity contribution in [3.05, 3.63) is 0 Å². The molecule has 2 aliphatic rings. The molecule has 0 unspecified atom stereocenters. The van der Waals surface area contributed by atoms with E-state index in [0.717, 1.165) is 25.8 Å². The van der Waals surface area contributed by atoms with Gasteiger partial charge in [0.05, 0.1) is 5.41 Å². The predicted molar refractivity (Wildman–Crippen MR) is 81.1 cm³/mol. The van der Waals surface area contributed by atoms with E-state index in [4.69, 9.17) is 0 Å². The molecule has 0 bridgehead atoms. The van der Waals surface area contributed by atoms with Crippen LogP contribution in [0.3, 0.4) is 0 Å². The molecule has 2 aliphatic carbocycles. The van der Waals surface area contributed by atoms with Crippen LogP contribution in [0.5, 0.6) is 0 Å². The van der Waals surface area contributed by atoms with Gasteiger partial charge < -0.3 is 15.3 Å². The molecule has 5 heteroatoms. The minimum Gasteiger partial charge on any atom is -0.481 e. The summed E-state index contributed by atoms with van der Waals surface area (Å²) >= 11 is 0. The number of carboxylic acids is 1. The summed E-state index contributed by atoms with van der Waals surface area (Å²) in [5.41, 5.74) is -0.748. The van der Waals surface area contributed by atoms with E-state index in [9.17, 15) is 14.7 Å². The number of carbonyl (C=O) groups excluding carboxylic acids is 1. The molecular weight excluding hydrogens is 268 g/mol. The van der Waals surface area contributed by atoms with E-state index in [-0.39, 0.29) is 12.6 Å². The number of nitrogens with one attached hydrogen (secondary N) is 1. The molecule has 0 spiro atoms. The van der Waals surface area contributed by atoms with E-state index in [2.05, 4.69) is 5.32 Å². The fourth-order valence-corrected chi connectivity index (χ4v) is 3.74. The fourth-order valence-electron chi connectivity index (χ4n) is 3.74. The Kier molecular flexibility index (Phi) is 5.48. The van der Waals surface area contributed by atoms with Crippen molar-refractivity contribution >= 4 is 12.0 Å². The van der Waals surface area contributed by atoms with Crippen LogP contribution < -0.4 is 5.32 Å². The van der Waals surface area contributed by atoms with Crippen molar-refractivity contribution in [2.45, 2.75) is 57.8 Å². The number of hydrogen-bond donors (Lipinski definition) is 2. The average Bonchev–Trinajstić information content (AvgIpc) is 2.98. The molecule has 0 atom stereocenters. The van der Waals surface area contributed by atoms with Crippen molar-refractivity contribution in [1.29, 1.82) is 0 Å². The van der Waals surface area contributed by atoms with Gasteiger partial charge in [0.1, 0.15) is 0 Å². The molecule has 0 heterocycles. The van der Waals surface area contributed by atoms with Gasteiger partial charge in [-0.2, -0.15) is 0 Å². The molecule has 0 aromatic carbocycles. The van der Waals surface area contributed by atoms with Gasteiger partial charge in [-0.15, -0.1) is 0 Å². The van der Waals surface area contributed by atoms with E-state index in [1.807, 2.05) is 7.05 Å². The second-order valence-electron chi connectivity index (χ2n) is 6.84. The quantitative estimate of drug-likeness (QED) is 0.819. The fraction of sp³-hybridized carbons (Fsp3) is 0.875. The van der Waals surface area contributed by atoms with Gasteiger partial charge in [0, 0.05) is 20.1 Å². The third-order valence-electron chi connectivity index (χ3n) is 5.20. The lowest BCUT2D eigenvalue weighted by atomic mass is 9.74. The van der Waals surface area contributed by atoms with Crippen LogP contribution in [-0.2, 0) is 4.79 Å². The van der Waals surface area contributed by atoms with Gasteiger partial charge in [-0.1, -0.05) is 32.1 Å². The second kappa shape index (κ2) is 7.14. The zero-order chi connectivity index (χ0) is 15.3. The highest BCUT2D eigenvalue weighted by atomic mass is 16.4. The highest BCUT2D eigenvalue weighted by Crippen LogP contribution is 2.36. The Hall–Kier alpha value is -1.26. The number of carbonyl (C=O) groups is 2. The highest BCUT2D eigenvalue weighted by Gasteiger charge is 2.40. The highest BCUT2D eigenvalue weighted by molar-refractivity contribution is 5.78. The summed E-state index contributed by atoms with van der Waals surface area (Å²) in [6.07, 6.45) is 9.28. The molecule has 2 N–H and O–H groups in total. The topological polar surface area (TPSA) is 69.6 Å². The summed E-state index contributed by atoms with van der Waals surface area (Å²) in [6.45, 7) is 1.04. The molecular formula is C16H28N2O3. The molecule has 0 aliphatic heterocycles. The number of carboxylic acid groups (broad SMARTS) is 1. The van der Waals surface area contributed by atoms with Crippen molar-refractivity contribution in [2.75, 3.05) is 20.1 Å². The Bertz CT molecular complexity index is 372. The minimum atomic E-state index is -0.763. The first-order valence-corrected chi connectivity index (χ1v) is 8.26. The first-order chi connectivity index (χ1) is 10.0. The third kappa shape index (κ3) is 4.11. The first kappa shape index (κ1) is 16.1. The van der Waals surface area contributed by atoms with Crippen LogP contribution in [0.4, 0.5) is 4.79 Å². The van der Waals surface area contributed by atoms with Gasteiger partial charge in [0.2, 0.25) is 0 Å². The van der Waals surface area contributed by atoms with Gasteiger partial charge in [-0.05, 0) is 31.6 Å². The number of nitrogens with zero attached hydrogens (tertiary/aromatic N) is 1. The summed E-state index contributed by atoms with van der Waals surface area (Å²) in [6, 6.07) is -0.131. The molecule has 120 valence electrons. The second-order valence-corrected chi connectivity index (χ2v) is 6.84. The van der Waals surface area contributed by atoms with Crippen molar-refractivity contribution in [3.8, 4) is 0 Å². The van der Waals surface area contributed by atoms with Crippen molar-refractivity contribution in [3.63, 3.8) is 0 Å². The Morgan fingerprint density at radius 2 is 1.76 bits per heavy atom. The summed E-state index contributed by atoms with van der Waals surface area (Å²) in [5.74, 6) is -0.148. The Morgan fingerprint density at radius 3 is 2.33 bits per heavy atom. The smallest absolute Gasteiger partial charge is 0.317 e. The lowest BCUT2D eigenvalue weighted by Crippen LogP contribution is -2.48. The molecule has 0 radical (unpaired) electrons. The summed E-state index contributed by atoms with van der Waals surface area (Å²) in [4.78, 5) is 25.4. The van der Waals surface area contributed by atoms with Crippen LogP contribution in [0.1, 0.15) is 57.8 Å². The average molecular weight is 296 g/mol. The molecule has 5 nitrogen and oxygen atoms in total. The minimum absolute atomic E-state index is 0.131. The monoisotopic (exact) mass is 296 g/mol. The Labute approximate surface area is 127 Å². The Balaban J connectivity index is 1.82. The number of amides is 2. The maximum absolute atomic E-state index is 12.2.